The van der Waals surface area contributed by atoms with Crippen LogP contribution < -0.4 is 5.73 Å². The SMILES string of the molecule is Nc1nnnn1CCCOCC1CC1. The zero-order chi connectivity index (χ0) is 9.80. The van der Waals surface area contributed by atoms with Crippen LogP contribution in [0.5, 0.6) is 0 Å². The van der Waals surface area contributed by atoms with Gasteiger partial charge >= 0.3 is 0 Å². The van der Waals surface area contributed by atoms with Crippen LogP contribution in [0.2, 0.25) is 0 Å². The van der Waals surface area contributed by atoms with E-state index in [0.717, 1.165) is 32.1 Å². The molecule has 0 aliphatic heterocycles. The van der Waals surface area contributed by atoms with E-state index in [1.165, 1.54) is 12.8 Å². The molecule has 6 nitrogen and oxygen atoms in total. The third kappa shape index (κ3) is 2.66. The normalized spacial score (nSPS) is 16.0. The summed E-state index contributed by atoms with van der Waals surface area (Å²) in [5.74, 6) is 1.19. The maximum absolute atomic E-state index is 5.50. The van der Waals surface area contributed by atoms with Crippen molar-refractivity contribution >= 4 is 5.95 Å². The highest BCUT2D eigenvalue weighted by Crippen LogP contribution is 2.28. The van der Waals surface area contributed by atoms with Crippen LogP contribution in [0.15, 0.2) is 0 Å². The second-order valence-corrected chi connectivity index (χ2v) is 3.63. The second-order valence-electron chi connectivity index (χ2n) is 3.63. The molecular formula is C8H15N5O. The maximum Gasteiger partial charge on any atom is 0.240 e. The van der Waals surface area contributed by atoms with Gasteiger partial charge in [-0.1, -0.05) is 5.10 Å². The molecule has 0 unspecified atom stereocenters. The van der Waals surface area contributed by atoms with Gasteiger partial charge in [0, 0.05) is 19.8 Å². The van der Waals surface area contributed by atoms with Gasteiger partial charge < -0.3 is 10.5 Å². The first-order valence-corrected chi connectivity index (χ1v) is 4.95. The molecule has 1 saturated carbocycles. The summed E-state index contributed by atoms with van der Waals surface area (Å²) in [7, 11) is 0. The van der Waals surface area contributed by atoms with Gasteiger partial charge in [-0.2, -0.15) is 0 Å². The summed E-state index contributed by atoms with van der Waals surface area (Å²) < 4.78 is 7.06. The molecule has 0 bridgehead atoms. The summed E-state index contributed by atoms with van der Waals surface area (Å²) in [6, 6.07) is 0. The lowest BCUT2D eigenvalue weighted by atomic mass is 10.4. The molecule has 1 aliphatic carbocycles. The smallest absolute Gasteiger partial charge is 0.240 e. The van der Waals surface area contributed by atoms with Crippen molar-refractivity contribution < 1.29 is 4.74 Å². The predicted octanol–water partition coefficient (Wildman–Crippen LogP) is 0.0720. The Balaban J connectivity index is 1.56. The van der Waals surface area contributed by atoms with Crippen LogP contribution in [0.25, 0.3) is 0 Å². The molecule has 1 heterocycles. The molecule has 2 rings (SSSR count). The van der Waals surface area contributed by atoms with E-state index in [0.29, 0.717) is 5.95 Å². The fourth-order valence-corrected chi connectivity index (χ4v) is 1.22. The number of hydrogen-bond donors (Lipinski definition) is 1. The number of nitrogen functional groups attached to an aromatic ring is 1. The first-order valence-electron chi connectivity index (χ1n) is 4.95. The van der Waals surface area contributed by atoms with E-state index >= 15 is 0 Å². The third-order valence-corrected chi connectivity index (χ3v) is 2.27. The molecule has 1 aromatic rings. The van der Waals surface area contributed by atoms with Crippen molar-refractivity contribution in [2.24, 2.45) is 5.92 Å². The minimum Gasteiger partial charge on any atom is -0.381 e. The Morgan fingerprint density at radius 2 is 2.36 bits per heavy atom. The molecule has 0 atom stereocenters. The molecule has 0 amide bonds. The van der Waals surface area contributed by atoms with Gasteiger partial charge in [-0.3, -0.25) is 0 Å². The largest absolute Gasteiger partial charge is 0.381 e. The summed E-state index contributed by atoms with van der Waals surface area (Å²) in [4.78, 5) is 0. The van der Waals surface area contributed by atoms with E-state index in [4.69, 9.17) is 10.5 Å². The molecule has 0 saturated heterocycles. The highest BCUT2D eigenvalue weighted by molar-refractivity contribution is 5.09. The Bertz CT molecular complexity index is 283. The van der Waals surface area contributed by atoms with Crippen molar-refractivity contribution in [3.05, 3.63) is 0 Å². The van der Waals surface area contributed by atoms with Gasteiger partial charge in [0.05, 0.1) is 0 Å². The molecule has 0 aromatic carbocycles. The summed E-state index contributed by atoms with van der Waals surface area (Å²) in [6.45, 7) is 2.39. The Kier molecular flexibility index (Phi) is 2.93. The molecular weight excluding hydrogens is 182 g/mol. The monoisotopic (exact) mass is 197 g/mol. The van der Waals surface area contributed by atoms with E-state index in [1.54, 1.807) is 4.68 Å². The molecule has 1 fully saturated rings. The number of ether oxygens (including phenoxy) is 1. The molecule has 78 valence electrons. The molecule has 0 radical (unpaired) electrons. The van der Waals surface area contributed by atoms with Gasteiger partial charge in [-0.05, 0) is 35.6 Å². The lowest BCUT2D eigenvalue weighted by Gasteiger charge is -2.03. The van der Waals surface area contributed by atoms with Gasteiger partial charge in [0.25, 0.3) is 0 Å². The summed E-state index contributed by atoms with van der Waals surface area (Å²) in [5.41, 5.74) is 5.50. The van der Waals surface area contributed by atoms with Crippen molar-refractivity contribution in [2.75, 3.05) is 18.9 Å². The Labute approximate surface area is 82.4 Å². The number of aryl methyl sites for hydroxylation is 1. The first-order chi connectivity index (χ1) is 6.86. The van der Waals surface area contributed by atoms with Crippen LogP contribution >= 0.6 is 0 Å². The number of aromatic nitrogens is 4. The van der Waals surface area contributed by atoms with Gasteiger partial charge in [0.2, 0.25) is 5.95 Å². The minimum atomic E-state index is 0.368. The minimum absolute atomic E-state index is 0.368. The third-order valence-electron chi connectivity index (χ3n) is 2.27. The lowest BCUT2D eigenvalue weighted by molar-refractivity contribution is 0.118. The van der Waals surface area contributed by atoms with Crippen LogP contribution in [0.4, 0.5) is 5.95 Å². The number of nitrogens with zero attached hydrogens (tertiary/aromatic N) is 4. The summed E-state index contributed by atoms with van der Waals surface area (Å²) in [5, 5.41) is 10.8. The number of rotatable bonds is 6. The summed E-state index contributed by atoms with van der Waals surface area (Å²) >= 11 is 0. The average molecular weight is 197 g/mol. The fraction of sp³-hybridized carbons (Fsp3) is 0.875. The second kappa shape index (κ2) is 4.36. The van der Waals surface area contributed by atoms with Crippen molar-refractivity contribution in [1.82, 2.24) is 20.2 Å². The van der Waals surface area contributed by atoms with E-state index in [9.17, 15) is 0 Å². The predicted molar refractivity (Wildman–Crippen MR) is 50.4 cm³/mol. The zero-order valence-electron chi connectivity index (χ0n) is 8.09. The van der Waals surface area contributed by atoms with E-state index in [1.807, 2.05) is 0 Å². The van der Waals surface area contributed by atoms with Crippen molar-refractivity contribution in [1.29, 1.82) is 0 Å². The standard InChI is InChI=1S/C8H15N5O/c9-8-10-11-12-13(8)4-1-5-14-6-7-2-3-7/h7H,1-6H2,(H2,9,10,12). The zero-order valence-corrected chi connectivity index (χ0v) is 8.09. The number of hydrogen-bond acceptors (Lipinski definition) is 5. The molecule has 1 aromatic heterocycles. The number of tetrazole rings is 1. The van der Waals surface area contributed by atoms with E-state index < -0.39 is 0 Å². The van der Waals surface area contributed by atoms with E-state index in [2.05, 4.69) is 15.5 Å². The van der Waals surface area contributed by atoms with Crippen LogP contribution in [0.3, 0.4) is 0 Å². The van der Waals surface area contributed by atoms with Gasteiger partial charge in [0.1, 0.15) is 0 Å². The fourth-order valence-electron chi connectivity index (χ4n) is 1.22. The Hall–Kier alpha value is -1.17. The maximum atomic E-state index is 5.50. The van der Waals surface area contributed by atoms with Crippen molar-refractivity contribution in [3.63, 3.8) is 0 Å². The van der Waals surface area contributed by atoms with Gasteiger partial charge in [0.15, 0.2) is 0 Å². The highest BCUT2D eigenvalue weighted by atomic mass is 16.5. The van der Waals surface area contributed by atoms with Crippen molar-refractivity contribution in [3.8, 4) is 0 Å². The Morgan fingerprint density at radius 3 is 3.00 bits per heavy atom. The lowest BCUT2D eigenvalue weighted by Crippen LogP contribution is -2.08. The van der Waals surface area contributed by atoms with Crippen LogP contribution in [0, 0.1) is 5.92 Å². The number of anilines is 1. The first kappa shape index (κ1) is 9.39. The molecule has 1 aliphatic rings. The number of nitrogens with two attached hydrogens (primary N) is 1. The molecule has 0 spiro atoms. The van der Waals surface area contributed by atoms with Crippen molar-refractivity contribution in [2.45, 2.75) is 25.8 Å². The molecule has 14 heavy (non-hydrogen) atoms. The molecule has 2 N–H and O–H groups in total. The van der Waals surface area contributed by atoms with Gasteiger partial charge in [-0.25, -0.2) is 4.68 Å². The summed E-state index contributed by atoms with van der Waals surface area (Å²) in [6.07, 6.45) is 3.57. The molecule has 6 heteroatoms. The van der Waals surface area contributed by atoms with Crippen LogP contribution in [-0.4, -0.2) is 33.4 Å². The topological polar surface area (TPSA) is 78.9 Å². The van der Waals surface area contributed by atoms with E-state index in [-0.39, 0.29) is 0 Å². The van der Waals surface area contributed by atoms with Crippen LogP contribution in [-0.2, 0) is 11.3 Å². The Morgan fingerprint density at radius 1 is 1.50 bits per heavy atom. The average Bonchev–Trinajstić information content (AvgIpc) is 2.91. The van der Waals surface area contributed by atoms with Crippen LogP contribution in [0.1, 0.15) is 19.3 Å². The van der Waals surface area contributed by atoms with Gasteiger partial charge in [-0.15, -0.1) is 0 Å². The highest BCUT2D eigenvalue weighted by Gasteiger charge is 2.20. The quantitative estimate of drug-likeness (QED) is 0.653.